The molecule has 0 fully saturated rings. The summed E-state index contributed by atoms with van der Waals surface area (Å²) in [5, 5.41) is 4.35. The van der Waals surface area contributed by atoms with Gasteiger partial charge in [0.1, 0.15) is 23.7 Å². The number of rotatable bonds is 2. The van der Waals surface area contributed by atoms with Crippen molar-refractivity contribution in [3.63, 3.8) is 0 Å². The minimum absolute atomic E-state index is 0.153. The molecule has 3 aromatic rings. The lowest BCUT2D eigenvalue weighted by molar-refractivity contribution is 0.274. The van der Waals surface area contributed by atoms with Crippen LogP contribution in [-0.2, 0) is 0 Å². The Morgan fingerprint density at radius 1 is 1.14 bits per heavy atom. The molecule has 1 aliphatic heterocycles. The van der Waals surface area contributed by atoms with E-state index in [4.69, 9.17) is 10.5 Å². The molecule has 2 aromatic heterocycles. The minimum atomic E-state index is 0.153. The SMILES string of the molecule is Nc1ccc2c(NC3CCOc4ccccc43)ncnc2n1. The molecule has 0 radical (unpaired) electrons. The van der Waals surface area contributed by atoms with Crippen molar-refractivity contribution in [3.05, 3.63) is 48.3 Å². The quantitative estimate of drug-likeness (QED) is 0.755. The topological polar surface area (TPSA) is 86.0 Å². The predicted molar refractivity (Wildman–Crippen MR) is 84.7 cm³/mol. The number of pyridine rings is 1. The van der Waals surface area contributed by atoms with E-state index < -0.39 is 0 Å². The highest BCUT2D eigenvalue weighted by Gasteiger charge is 2.22. The fourth-order valence-corrected chi connectivity index (χ4v) is 2.73. The van der Waals surface area contributed by atoms with E-state index in [9.17, 15) is 0 Å². The van der Waals surface area contributed by atoms with Crippen LogP contribution in [0.2, 0.25) is 0 Å². The zero-order valence-electron chi connectivity index (χ0n) is 11.9. The maximum absolute atomic E-state index is 5.71. The lowest BCUT2D eigenvalue weighted by atomic mass is 10.0. The van der Waals surface area contributed by atoms with Gasteiger partial charge in [-0.1, -0.05) is 18.2 Å². The molecule has 0 amide bonds. The van der Waals surface area contributed by atoms with Gasteiger partial charge in [-0.25, -0.2) is 15.0 Å². The normalized spacial score (nSPS) is 16.8. The molecule has 3 N–H and O–H groups in total. The number of fused-ring (bicyclic) bond motifs is 2. The molecule has 3 heterocycles. The Morgan fingerprint density at radius 2 is 2.05 bits per heavy atom. The van der Waals surface area contributed by atoms with Crippen LogP contribution >= 0.6 is 0 Å². The monoisotopic (exact) mass is 293 g/mol. The van der Waals surface area contributed by atoms with E-state index in [0.29, 0.717) is 18.1 Å². The molecular weight excluding hydrogens is 278 g/mol. The summed E-state index contributed by atoms with van der Waals surface area (Å²) in [6, 6.07) is 11.9. The maximum Gasteiger partial charge on any atom is 0.166 e. The number of ether oxygens (including phenoxy) is 1. The van der Waals surface area contributed by atoms with Crippen LogP contribution in [0.15, 0.2) is 42.7 Å². The van der Waals surface area contributed by atoms with Crippen molar-refractivity contribution in [1.82, 2.24) is 15.0 Å². The molecule has 0 aliphatic carbocycles. The first kappa shape index (κ1) is 12.8. The van der Waals surface area contributed by atoms with Gasteiger partial charge in [-0.3, -0.25) is 0 Å². The summed E-state index contributed by atoms with van der Waals surface area (Å²) < 4.78 is 5.69. The lowest BCUT2D eigenvalue weighted by Crippen LogP contribution is -2.21. The van der Waals surface area contributed by atoms with Crippen molar-refractivity contribution in [1.29, 1.82) is 0 Å². The smallest absolute Gasteiger partial charge is 0.166 e. The average molecular weight is 293 g/mol. The molecule has 0 saturated heterocycles. The van der Waals surface area contributed by atoms with Gasteiger partial charge in [-0.15, -0.1) is 0 Å². The molecule has 1 aliphatic rings. The molecule has 1 aromatic carbocycles. The van der Waals surface area contributed by atoms with Crippen molar-refractivity contribution in [2.45, 2.75) is 12.5 Å². The van der Waals surface area contributed by atoms with Gasteiger partial charge in [-0.2, -0.15) is 0 Å². The van der Waals surface area contributed by atoms with Crippen molar-refractivity contribution >= 4 is 22.7 Å². The van der Waals surface area contributed by atoms with Crippen molar-refractivity contribution in [3.8, 4) is 5.75 Å². The standard InChI is InChI=1S/C16H15N5O/c17-14-6-5-11-15(18-9-19-16(11)21-14)20-12-7-8-22-13-4-2-1-3-10(12)13/h1-6,9,12H,7-8H2,(H3,17,18,19,20,21). The second kappa shape index (κ2) is 5.14. The van der Waals surface area contributed by atoms with Gasteiger partial charge in [0.2, 0.25) is 0 Å². The number of hydrogen-bond acceptors (Lipinski definition) is 6. The zero-order valence-corrected chi connectivity index (χ0v) is 11.9. The number of anilines is 2. The van der Waals surface area contributed by atoms with E-state index in [1.165, 1.54) is 6.33 Å². The summed E-state index contributed by atoms with van der Waals surface area (Å²) in [6.07, 6.45) is 2.38. The molecule has 1 unspecified atom stereocenters. The van der Waals surface area contributed by atoms with Crippen LogP contribution in [0.3, 0.4) is 0 Å². The van der Waals surface area contributed by atoms with Crippen LogP contribution < -0.4 is 15.8 Å². The molecule has 1 atom stereocenters. The Hall–Kier alpha value is -2.89. The Bertz CT molecular complexity index is 836. The number of para-hydroxylation sites is 1. The third kappa shape index (κ3) is 2.18. The average Bonchev–Trinajstić information content (AvgIpc) is 2.55. The van der Waals surface area contributed by atoms with Crippen LogP contribution in [0, 0.1) is 0 Å². The fourth-order valence-electron chi connectivity index (χ4n) is 2.73. The van der Waals surface area contributed by atoms with Crippen molar-refractivity contribution in [2.24, 2.45) is 0 Å². The molecule has 6 nitrogen and oxygen atoms in total. The van der Waals surface area contributed by atoms with Gasteiger partial charge in [0.15, 0.2) is 5.65 Å². The van der Waals surface area contributed by atoms with E-state index in [2.05, 4.69) is 26.3 Å². The largest absolute Gasteiger partial charge is 0.493 e. The minimum Gasteiger partial charge on any atom is -0.493 e. The number of nitrogens with two attached hydrogens (primary N) is 1. The van der Waals surface area contributed by atoms with Gasteiger partial charge in [0.25, 0.3) is 0 Å². The van der Waals surface area contributed by atoms with E-state index in [0.717, 1.165) is 28.9 Å². The molecule has 0 saturated carbocycles. The van der Waals surface area contributed by atoms with E-state index in [-0.39, 0.29) is 6.04 Å². The number of hydrogen-bond donors (Lipinski definition) is 2. The third-order valence-corrected chi connectivity index (χ3v) is 3.79. The van der Waals surface area contributed by atoms with E-state index >= 15 is 0 Å². The lowest BCUT2D eigenvalue weighted by Gasteiger charge is -2.27. The summed E-state index contributed by atoms with van der Waals surface area (Å²) in [5.74, 6) is 2.14. The van der Waals surface area contributed by atoms with Gasteiger partial charge in [0.05, 0.1) is 18.0 Å². The maximum atomic E-state index is 5.71. The summed E-state index contributed by atoms with van der Waals surface area (Å²) in [4.78, 5) is 12.8. The Labute approximate surface area is 127 Å². The highest BCUT2D eigenvalue weighted by Crippen LogP contribution is 2.34. The van der Waals surface area contributed by atoms with Crippen molar-refractivity contribution < 1.29 is 4.74 Å². The predicted octanol–water partition coefficient (Wildman–Crippen LogP) is 2.54. The number of benzene rings is 1. The Kier molecular flexibility index (Phi) is 3.00. The first-order valence-corrected chi connectivity index (χ1v) is 7.17. The summed E-state index contributed by atoms with van der Waals surface area (Å²) in [5.41, 5.74) is 7.45. The van der Waals surface area contributed by atoms with Crippen LogP contribution in [0.5, 0.6) is 5.75 Å². The summed E-state index contributed by atoms with van der Waals surface area (Å²) in [6.45, 7) is 0.683. The number of nitrogen functional groups attached to an aromatic ring is 1. The van der Waals surface area contributed by atoms with Gasteiger partial charge < -0.3 is 15.8 Å². The number of nitrogens with one attached hydrogen (secondary N) is 1. The molecule has 110 valence electrons. The van der Waals surface area contributed by atoms with Gasteiger partial charge in [0, 0.05) is 12.0 Å². The molecule has 4 rings (SSSR count). The summed E-state index contributed by atoms with van der Waals surface area (Å²) >= 11 is 0. The first-order valence-electron chi connectivity index (χ1n) is 7.17. The Morgan fingerprint density at radius 3 is 3.00 bits per heavy atom. The van der Waals surface area contributed by atoms with E-state index in [1.54, 1.807) is 6.07 Å². The molecule has 0 spiro atoms. The molecular formula is C16H15N5O. The fraction of sp³-hybridized carbons (Fsp3) is 0.188. The molecule has 22 heavy (non-hydrogen) atoms. The second-order valence-electron chi connectivity index (χ2n) is 5.20. The number of aromatic nitrogens is 3. The van der Waals surface area contributed by atoms with E-state index in [1.807, 2.05) is 24.3 Å². The second-order valence-corrected chi connectivity index (χ2v) is 5.20. The molecule has 6 heteroatoms. The highest BCUT2D eigenvalue weighted by molar-refractivity contribution is 5.87. The third-order valence-electron chi connectivity index (χ3n) is 3.79. The van der Waals surface area contributed by atoms with Crippen LogP contribution in [0.4, 0.5) is 11.6 Å². The van der Waals surface area contributed by atoms with Gasteiger partial charge >= 0.3 is 0 Å². The number of nitrogens with zero attached hydrogens (tertiary/aromatic N) is 3. The highest BCUT2D eigenvalue weighted by atomic mass is 16.5. The van der Waals surface area contributed by atoms with Crippen LogP contribution in [0.25, 0.3) is 11.0 Å². The zero-order chi connectivity index (χ0) is 14.9. The summed E-state index contributed by atoms with van der Waals surface area (Å²) in [7, 11) is 0. The van der Waals surface area contributed by atoms with Gasteiger partial charge in [-0.05, 0) is 18.2 Å². The Balaban J connectivity index is 1.73. The van der Waals surface area contributed by atoms with Crippen molar-refractivity contribution in [2.75, 3.05) is 17.7 Å². The first-order chi connectivity index (χ1) is 10.8. The van der Waals surface area contributed by atoms with Crippen LogP contribution in [0.1, 0.15) is 18.0 Å². The molecule has 0 bridgehead atoms. The van der Waals surface area contributed by atoms with Crippen LogP contribution in [-0.4, -0.2) is 21.6 Å².